The number of carbonyl (C=O) groups is 1. The molecule has 0 unspecified atom stereocenters. The fourth-order valence-electron chi connectivity index (χ4n) is 1.36. The number of hydrogen-bond acceptors (Lipinski definition) is 2. The van der Waals surface area contributed by atoms with Gasteiger partial charge < -0.3 is 10.1 Å². The van der Waals surface area contributed by atoms with E-state index in [9.17, 15) is 4.79 Å². The number of methoxy groups -OCH3 is 1. The topological polar surface area (TPSA) is 38.3 Å². The minimum absolute atomic E-state index is 0.0349. The van der Waals surface area contributed by atoms with Gasteiger partial charge in [-0.15, -0.1) is 0 Å². The highest BCUT2D eigenvalue weighted by molar-refractivity contribution is 9.10. The molecule has 0 fully saturated rings. The van der Waals surface area contributed by atoms with E-state index in [0.717, 1.165) is 22.3 Å². The lowest BCUT2D eigenvalue weighted by atomic mass is 10.1. The second-order valence-corrected chi connectivity index (χ2v) is 5.18. The van der Waals surface area contributed by atoms with Crippen molar-refractivity contribution >= 4 is 27.5 Å². The average molecular weight is 300 g/mol. The van der Waals surface area contributed by atoms with Gasteiger partial charge in [0.1, 0.15) is 5.75 Å². The number of rotatable bonds is 5. The molecule has 94 valence electrons. The van der Waals surface area contributed by atoms with E-state index in [2.05, 4.69) is 35.1 Å². The Morgan fingerprint density at radius 2 is 2.18 bits per heavy atom. The van der Waals surface area contributed by atoms with Crippen molar-refractivity contribution in [2.24, 2.45) is 5.92 Å². The first-order chi connectivity index (χ1) is 8.02. The van der Waals surface area contributed by atoms with Gasteiger partial charge in [-0.3, -0.25) is 4.79 Å². The molecule has 0 aliphatic heterocycles. The molecular weight excluding hydrogens is 282 g/mol. The van der Waals surface area contributed by atoms with Gasteiger partial charge in [0, 0.05) is 17.0 Å². The Morgan fingerprint density at radius 3 is 2.76 bits per heavy atom. The Morgan fingerprint density at radius 1 is 1.47 bits per heavy atom. The van der Waals surface area contributed by atoms with Crippen LogP contribution >= 0.6 is 15.9 Å². The van der Waals surface area contributed by atoms with Gasteiger partial charge in [-0.05, 0) is 40.4 Å². The van der Waals surface area contributed by atoms with Crippen LogP contribution in [-0.4, -0.2) is 13.0 Å². The molecule has 0 aliphatic carbocycles. The van der Waals surface area contributed by atoms with E-state index >= 15 is 0 Å². The summed E-state index contributed by atoms with van der Waals surface area (Å²) in [6.07, 6.45) is 1.44. The molecule has 4 heteroatoms. The molecule has 0 saturated heterocycles. The Kier molecular flexibility index (Phi) is 5.48. The van der Waals surface area contributed by atoms with Crippen LogP contribution < -0.4 is 10.1 Å². The molecule has 1 aromatic carbocycles. The minimum atomic E-state index is 0.0349. The Hall–Kier alpha value is -1.03. The fourth-order valence-corrected chi connectivity index (χ4v) is 1.71. The monoisotopic (exact) mass is 299 g/mol. The van der Waals surface area contributed by atoms with Gasteiger partial charge in [0.05, 0.1) is 12.8 Å². The minimum Gasteiger partial charge on any atom is -0.497 e. The number of amides is 1. The zero-order valence-electron chi connectivity index (χ0n) is 10.4. The first-order valence-corrected chi connectivity index (χ1v) is 6.45. The third-order valence-electron chi connectivity index (χ3n) is 2.40. The van der Waals surface area contributed by atoms with Crippen LogP contribution in [-0.2, 0) is 4.79 Å². The predicted molar refractivity (Wildman–Crippen MR) is 73.4 cm³/mol. The standard InChI is InChI=1S/C13H18BrNO2/c1-9(2)4-7-13(16)15-12-8-10(17-3)5-6-11(12)14/h5-6,8-9H,4,7H2,1-3H3,(H,15,16). The van der Waals surface area contributed by atoms with Crippen LogP contribution in [0.25, 0.3) is 0 Å². The van der Waals surface area contributed by atoms with Gasteiger partial charge in [0.15, 0.2) is 0 Å². The fraction of sp³-hybridized carbons (Fsp3) is 0.462. The molecule has 0 aliphatic rings. The highest BCUT2D eigenvalue weighted by Crippen LogP contribution is 2.27. The van der Waals surface area contributed by atoms with E-state index in [1.165, 1.54) is 0 Å². The molecule has 0 aromatic heterocycles. The Bertz CT molecular complexity index is 391. The molecule has 17 heavy (non-hydrogen) atoms. The van der Waals surface area contributed by atoms with Crippen LogP contribution in [0.2, 0.25) is 0 Å². The van der Waals surface area contributed by atoms with Crippen molar-refractivity contribution in [1.82, 2.24) is 0 Å². The van der Waals surface area contributed by atoms with E-state index in [1.54, 1.807) is 13.2 Å². The van der Waals surface area contributed by atoms with Crippen LogP contribution in [0.5, 0.6) is 5.75 Å². The second-order valence-electron chi connectivity index (χ2n) is 4.33. The zero-order chi connectivity index (χ0) is 12.8. The van der Waals surface area contributed by atoms with Gasteiger partial charge in [-0.2, -0.15) is 0 Å². The maximum Gasteiger partial charge on any atom is 0.224 e. The Balaban J connectivity index is 2.64. The number of halogens is 1. The zero-order valence-corrected chi connectivity index (χ0v) is 12.0. The first kappa shape index (κ1) is 14.0. The molecule has 1 amide bonds. The average Bonchev–Trinajstić information content (AvgIpc) is 2.29. The van der Waals surface area contributed by atoms with Gasteiger partial charge in [0.25, 0.3) is 0 Å². The third kappa shape index (κ3) is 4.77. The molecule has 0 saturated carbocycles. The van der Waals surface area contributed by atoms with E-state index in [0.29, 0.717) is 12.3 Å². The smallest absolute Gasteiger partial charge is 0.224 e. The van der Waals surface area contributed by atoms with Crippen molar-refractivity contribution in [3.8, 4) is 5.75 Å². The molecule has 0 radical (unpaired) electrons. The molecule has 1 rings (SSSR count). The van der Waals surface area contributed by atoms with Crippen molar-refractivity contribution in [1.29, 1.82) is 0 Å². The molecule has 1 N–H and O–H groups in total. The first-order valence-electron chi connectivity index (χ1n) is 5.66. The quantitative estimate of drug-likeness (QED) is 0.897. The lowest BCUT2D eigenvalue weighted by Crippen LogP contribution is -2.12. The number of nitrogens with one attached hydrogen (secondary N) is 1. The number of benzene rings is 1. The van der Waals surface area contributed by atoms with Crippen molar-refractivity contribution in [2.75, 3.05) is 12.4 Å². The van der Waals surface area contributed by atoms with Crippen LogP contribution in [0.1, 0.15) is 26.7 Å². The van der Waals surface area contributed by atoms with Crippen LogP contribution in [0.3, 0.4) is 0 Å². The van der Waals surface area contributed by atoms with E-state index < -0.39 is 0 Å². The summed E-state index contributed by atoms with van der Waals surface area (Å²) in [6.45, 7) is 4.21. The van der Waals surface area contributed by atoms with Gasteiger partial charge in [-0.1, -0.05) is 13.8 Å². The van der Waals surface area contributed by atoms with Gasteiger partial charge in [0.2, 0.25) is 5.91 Å². The molecule has 1 aromatic rings. The summed E-state index contributed by atoms with van der Waals surface area (Å²) in [5, 5.41) is 2.87. The van der Waals surface area contributed by atoms with Crippen molar-refractivity contribution in [3.05, 3.63) is 22.7 Å². The summed E-state index contributed by atoms with van der Waals surface area (Å²) < 4.78 is 5.98. The van der Waals surface area contributed by atoms with Crippen LogP contribution in [0.15, 0.2) is 22.7 Å². The largest absolute Gasteiger partial charge is 0.497 e. The van der Waals surface area contributed by atoms with Crippen LogP contribution in [0, 0.1) is 5.92 Å². The molecule has 0 bridgehead atoms. The number of anilines is 1. The lowest BCUT2D eigenvalue weighted by Gasteiger charge is -2.10. The van der Waals surface area contributed by atoms with Crippen molar-refractivity contribution < 1.29 is 9.53 Å². The maximum atomic E-state index is 11.7. The maximum absolute atomic E-state index is 11.7. The molecule has 3 nitrogen and oxygen atoms in total. The van der Waals surface area contributed by atoms with E-state index in [4.69, 9.17) is 4.74 Å². The SMILES string of the molecule is COc1ccc(Br)c(NC(=O)CCC(C)C)c1. The highest BCUT2D eigenvalue weighted by atomic mass is 79.9. The van der Waals surface area contributed by atoms with Crippen molar-refractivity contribution in [3.63, 3.8) is 0 Å². The third-order valence-corrected chi connectivity index (χ3v) is 3.09. The highest BCUT2D eigenvalue weighted by Gasteiger charge is 2.07. The summed E-state index contributed by atoms with van der Waals surface area (Å²) >= 11 is 3.40. The Labute approximate surface area is 111 Å². The van der Waals surface area contributed by atoms with Gasteiger partial charge >= 0.3 is 0 Å². The second kappa shape index (κ2) is 6.64. The predicted octanol–water partition coefficient (Wildman–Crippen LogP) is 3.83. The van der Waals surface area contributed by atoms with Gasteiger partial charge in [-0.25, -0.2) is 0 Å². The summed E-state index contributed by atoms with van der Waals surface area (Å²) in [6, 6.07) is 5.50. The summed E-state index contributed by atoms with van der Waals surface area (Å²) in [5.74, 6) is 1.30. The lowest BCUT2D eigenvalue weighted by molar-refractivity contribution is -0.116. The molecule has 0 heterocycles. The number of hydrogen-bond donors (Lipinski definition) is 1. The van der Waals surface area contributed by atoms with E-state index in [-0.39, 0.29) is 5.91 Å². The molecule has 0 atom stereocenters. The van der Waals surface area contributed by atoms with E-state index in [1.807, 2.05) is 12.1 Å². The molecular formula is C13H18BrNO2. The molecule has 0 spiro atoms. The summed E-state index contributed by atoms with van der Waals surface area (Å²) in [4.78, 5) is 11.7. The summed E-state index contributed by atoms with van der Waals surface area (Å²) in [5.41, 5.74) is 0.748. The van der Waals surface area contributed by atoms with Crippen LogP contribution in [0.4, 0.5) is 5.69 Å². The normalized spacial score (nSPS) is 10.4. The number of ether oxygens (including phenoxy) is 1. The summed E-state index contributed by atoms with van der Waals surface area (Å²) in [7, 11) is 1.60. The van der Waals surface area contributed by atoms with Crippen molar-refractivity contribution in [2.45, 2.75) is 26.7 Å². The number of carbonyl (C=O) groups excluding carboxylic acids is 1.